The van der Waals surface area contributed by atoms with Crippen molar-refractivity contribution in [3.05, 3.63) is 23.7 Å². The SMILES string of the molecule is Cc1occc1C(=O)N(CCC(=O)NCCN1CCCC1)C[C@@H]1CCCO1. The van der Waals surface area contributed by atoms with E-state index in [2.05, 4.69) is 10.2 Å². The van der Waals surface area contributed by atoms with Crippen LogP contribution < -0.4 is 5.32 Å². The largest absolute Gasteiger partial charge is 0.469 e. The fourth-order valence-electron chi connectivity index (χ4n) is 3.77. The topological polar surface area (TPSA) is 75.0 Å². The number of hydrogen-bond donors (Lipinski definition) is 1. The molecule has 1 aromatic rings. The molecule has 3 heterocycles. The van der Waals surface area contributed by atoms with Gasteiger partial charge in [0.05, 0.1) is 17.9 Å². The molecule has 7 heteroatoms. The summed E-state index contributed by atoms with van der Waals surface area (Å²) in [4.78, 5) is 29.2. The number of hydrogen-bond acceptors (Lipinski definition) is 5. The summed E-state index contributed by atoms with van der Waals surface area (Å²) in [6.07, 6.45) is 6.36. The number of amides is 2. The van der Waals surface area contributed by atoms with E-state index in [1.165, 1.54) is 19.1 Å². The maximum Gasteiger partial charge on any atom is 0.257 e. The quantitative estimate of drug-likeness (QED) is 0.710. The van der Waals surface area contributed by atoms with Crippen molar-refractivity contribution in [2.24, 2.45) is 0 Å². The van der Waals surface area contributed by atoms with Gasteiger partial charge in [-0.15, -0.1) is 0 Å². The monoisotopic (exact) mass is 377 g/mol. The van der Waals surface area contributed by atoms with E-state index in [9.17, 15) is 9.59 Å². The number of rotatable bonds is 9. The number of likely N-dealkylation sites (tertiary alicyclic amines) is 1. The van der Waals surface area contributed by atoms with Gasteiger partial charge in [-0.2, -0.15) is 0 Å². The molecule has 0 unspecified atom stereocenters. The first-order valence-electron chi connectivity index (χ1n) is 10.1. The second-order valence-corrected chi connectivity index (χ2v) is 7.43. The smallest absolute Gasteiger partial charge is 0.257 e. The Morgan fingerprint density at radius 3 is 2.78 bits per heavy atom. The maximum absolute atomic E-state index is 12.9. The van der Waals surface area contributed by atoms with E-state index >= 15 is 0 Å². The summed E-state index contributed by atoms with van der Waals surface area (Å²) in [6.45, 7) is 7.26. The molecule has 1 N–H and O–H groups in total. The summed E-state index contributed by atoms with van der Waals surface area (Å²) in [5.74, 6) is 0.497. The van der Waals surface area contributed by atoms with E-state index in [0.717, 1.165) is 39.1 Å². The number of aryl methyl sites for hydroxylation is 1. The molecule has 0 saturated carbocycles. The van der Waals surface area contributed by atoms with Crippen molar-refractivity contribution in [2.45, 2.75) is 45.1 Å². The zero-order chi connectivity index (χ0) is 19.1. The van der Waals surface area contributed by atoms with Gasteiger partial charge in [0, 0.05) is 39.2 Å². The summed E-state index contributed by atoms with van der Waals surface area (Å²) in [6, 6.07) is 1.69. The Balaban J connectivity index is 1.48. The van der Waals surface area contributed by atoms with E-state index in [0.29, 0.717) is 37.4 Å². The van der Waals surface area contributed by atoms with Crippen molar-refractivity contribution in [1.29, 1.82) is 0 Å². The van der Waals surface area contributed by atoms with Crippen LogP contribution in [0.3, 0.4) is 0 Å². The molecule has 1 aromatic heterocycles. The summed E-state index contributed by atoms with van der Waals surface area (Å²) in [5.41, 5.74) is 0.558. The second kappa shape index (κ2) is 9.90. The fourth-order valence-corrected chi connectivity index (χ4v) is 3.77. The summed E-state index contributed by atoms with van der Waals surface area (Å²) < 4.78 is 11.0. The van der Waals surface area contributed by atoms with E-state index < -0.39 is 0 Å². The Bertz CT molecular complexity index is 618. The van der Waals surface area contributed by atoms with E-state index in [-0.39, 0.29) is 17.9 Å². The molecule has 2 fully saturated rings. The van der Waals surface area contributed by atoms with Crippen LogP contribution in [0.25, 0.3) is 0 Å². The summed E-state index contributed by atoms with van der Waals surface area (Å²) in [7, 11) is 0. The molecule has 0 spiro atoms. The van der Waals surface area contributed by atoms with Crippen molar-refractivity contribution >= 4 is 11.8 Å². The molecule has 0 aliphatic carbocycles. The van der Waals surface area contributed by atoms with Crippen LogP contribution in [0.2, 0.25) is 0 Å². The minimum atomic E-state index is -0.0957. The molecule has 27 heavy (non-hydrogen) atoms. The zero-order valence-corrected chi connectivity index (χ0v) is 16.2. The van der Waals surface area contributed by atoms with Gasteiger partial charge in [0.25, 0.3) is 5.91 Å². The Labute approximate surface area is 161 Å². The van der Waals surface area contributed by atoms with Crippen LogP contribution >= 0.6 is 0 Å². The number of nitrogens with zero attached hydrogens (tertiary/aromatic N) is 2. The van der Waals surface area contributed by atoms with Crippen molar-refractivity contribution in [3.63, 3.8) is 0 Å². The Hall–Kier alpha value is -1.86. The third-order valence-corrected chi connectivity index (χ3v) is 5.38. The highest BCUT2D eigenvalue weighted by Gasteiger charge is 2.25. The van der Waals surface area contributed by atoms with E-state index in [1.807, 2.05) is 0 Å². The lowest BCUT2D eigenvalue weighted by Crippen LogP contribution is -2.40. The van der Waals surface area contributed by atoms with Crippen LogP contribution in [-0.2, 0) is 9.53 Å². The van der Waals surface area contributed by atoms with Crippen LogP contribution in [0.5, 0.6) is 0 Å². The molecule has 1 atom stereocenters. The molecule has 0 bridgehead atoms. The first-order chi connectivity index (χ1) is 13.1. The fraction of sp³-hybridized carbons (Fsp3) is 0.700. The van der Waals surface area contributed by atoms with Crippen LogP contribution in [0.15, 0.2) is 16.7 Å². The summed E-state index contributed by atoms with van der Waals surface area (Å²) >= 11 is 0. The average Bonchev–Trinajstić information content (AvgIpc) is 3.41. The Kier molecular flexibility index (Phi) is 7.29. The van der Waals surface area contributed by atoms with Gasteiger partial charge < -0.3 is 24.3 Å². The number of carbonyl (C=O) groups excluding carboxylic acids is 2. The molecule has 2 aliphatic rings. The van der Waals surface area contributed by atoms with Crippen LogP contribution in [-0.4, -0.2) is 73.6 Å². The maximum atomic E-state index is 12.9. The van der Waals surface area contributed by atoms with Gasteiger partial charge in [-0.1, -0.05) is 0 Å². The summed E-state index contributed by atoms with van der Waals surface area (Å²) in [5, 5.41) is 2.98. The molecular formula is C20H31N3O4. The highest BCUT2D eigenvalue weighted by molar-refractivity contribution is 5.95. The molecule has 2 saturated heterocycles. The molecule has 2 amide bonds. The van der Waals surface area contributed by atoms with E-state index in [1.54, 1.807) is 17.9 Å². The van der Waals surface area contributed by atoms with E-state index in [4.69, 9.17) is 9.15 Å². The highest BCUT2D eigenvalue weighted by atomic mass is 16.5. The predicted octanol–water partition coefficient (Wildman–Crippen LogP) is 1.81. The van der Waals surface area contributed by atoms with Crippen molar-refractivity contribution in [1.82, 2.24) is 15.1 Å². The Morgan fingerprint density at radius 1 is 1.30 bits per heavy atom. The second-order valence-electron chi connectivity index (χ2n) is 7.43. The van der Waals surface area contributed by atoms with Gasteiger partial charge in [0.2, 0.25) is 5.91 Å². The molecule has 0 radical (unpaired) electrons. The third kappa shape index (κ3) is 5.81. The molecule has 150 valence electrons. The minimum absolute atomic E-state index is 0.0109. The van der Waals surface area contributed by atoms with Gasteiger partial charge in [-0.05, 0) is 51.8 Å². The standard InChI is InChI=1S/C20H31N3O4/c1-16-18(7-14-26-16)20(25)23(15-17-5-4-13-27-17)11-6-19(24)21-8-12-22-9-2-3-10-22/h7,14,17H,2-6,8-13,15H2,1H3,(H,21,24)/t17-/m0/s1. The number of nitrogens with one attached hydrogen (secondary N) is 1. The first-order valence-corrected chi connectivity index (χ1v) is 10.1. The third-order valence-electron chi connectivity index (χ3n) is 5.38. The van der Waals surface area contributed by atoms with Gasteiger partial charge in [-0.25, -0.2) is 0 Å². The number of carbonyl (C=O) groups is 2. The van der Waals surface area contributed by atoms with Crippen LogP contribution in [0, 0.1) is 6.92 Å². The molecule has 0 aromatic carbocycles. The Morgan fingerprint density at radius 2 is 2.11 bits per heavy atom. The van der Waals surface area contributed by atoms with Crippen molar-refractivity contribution in [3.8, 4) is 0 Å². The lowest BCUT2D eigenvalue weighted by molar-refractivity contribution is -0.121. The van der Waals surface area contributed by atoms with Gasteiger partial charge >= 0.3 is 0 Å². The molecular weight excluding hydrogens is 346 g/mol. The predicted molar refractivity (Wildman–Crippen MR) is 102 cm³/mol. The van der Waals surface area contributed by atoms with Gasteiger partial charge in [-0.3, -0.25) is 9.59 Å². The van der Waals surface area contributed by atoms with Crippen molar-refractivity contribution < 1.29 is 18.7 Å². The number of furan rings is 1. The lowest BCUT2D eigenvalue weighted by Gasteiger charge is -2.25. The van der Waals surface area contributed by atoms with Crippen LogP contribution in [0.4, 0.5) is 0 Å². The highest BCUT2D eigenvalue weighted by Crippen LogP contribution is 2.17. The van der Waals surface area contributed by atoms with Gasteiger partial charge in [0.1, 0.15) is 5.76 Å². The van der Waals surface area contributed by atoms with Gasteiger partial charge in [0.15, 0.2) is 0 Å². The molecule has 2 aliphatic heterocycles. The normalized spacial score (nSPS) is 20.1. The first kappa shape index (κ1) is 19.9. The molecule has 3 rings (SSSR count). The van der Waals surface area contributed by atoms with Crippen LogP contribution in [0.1, 0.15) is 48.2 Å². The molecule has 7 nitrogen and oxygen atoms in total. The minimum Gasteiger partial charge on any atom is -0.469 e. The number of ether oxygens (including phenoxy) is 1. The lowest BCUT2D eigenvalue weighted by atomic mass is 10.1. The zero-order valence-electron chi connectivity index (χ0n) is 16.2. The van der Waals surface area contributed by atoms with Crippen molar-refractivity contribution in [2.75, 3.05) is 45.9 Å². The average molecular weight is 377 g/mol.